The minimum Gasteiger partial charge on any atom is -0.376 e. The summed E-state index contributed by atoms with van der Waals surface area (Å²) in [6.45, 7) is 1.60. The van der Waals surface area contributed by atoms with Crippen LogP contribution in [-0.4, -0.2) is 6.61 Å². The van der Waals surface area contributed by atoms with Gasteiger partial charge in [-0.3, -0.25) is 0 Å². The summed E-state index contributed by atoms with van der Waals surface area (Å²) >= 11 is 0. The van der Waals surface area contributed by atoms with Gasteiger partial charge in [0.25, 0.3) is 0 Å². The van der Waals surface area contributed by atoms with Gasteiger partial charge in [-0.25, -0.2) is 0 Å². The summed E-state index contributed by atoms with van der Waals surface area (Å²) in [5.41, 5.74) is 2.76. The first-order valence-corrected chi connectivity index (χ1v) is 5.02. The number of rotatable bonds is 0. The van der Waals surface area contributed by atoms with E-state index < -0.39 is 0 Å². The van der Waals surface area contributed by atoms with Crippen molar-refractivity contribution in [2.24, 2.45) is 0 Å². The van der Waals surface area contributed by atoms with E-state index in [-0.39, 0.29) is 0 Å². The lowest BCUT2D eigenvalue weighted by atomic mass is 9.99. The summed E-state index contributed by atoms with van der Waals surface area (Å²) in [4.78, 5) is 0. The van der Waals surface area contributed by atoms with Gasteiger partial charge >= 0.3 is 0 Å². The van der Waals surface area contributed by atoms with E-state index in [2.05, 4.69) is 36.4 Å². The molecule has 0 N–H and O–H groups in total. The molecule has 1 heteroatoms. The zero-order valence-corrected chi connectivity index (χ0v) is 7.99. The summed E-state index contributed by atoms with van der Waals surface area (Å²) < 4.78 is 5.57. The predicted molar refractivity (Wildman–Crippen MR) is 57.3 cm³/mol. The van der Waals surface area contributed by atoms with Crippen LogP contribution in [0.5, 0.6) is 0 Å². The zero-order chi connectivity index (χ0) is 9.38. The zero-order valence-electron chi connectivity index (χ0n) is 7.99. The van der Waals surface area contributed by atoms with Crippen LogP contribution in [-0.2, 0) is 17.8 Å². The van der Waals surface area contributed by atoms with Crippen molar-refractivity contribution < 1.29 is 4.74 Å². The highest BCUT2D eigenvalue weighted by molar-refractivity contribution is 5.89. The topological polar surface area (TPSA) is 9.23 Å². The van der Waals surface area contributed by atoms with Crippen LogP contribution in [0.1, 0.15) is 11.1 Å². The van der Waals surface area contributed by atoms with Crippen LogP contribution in [0.15, 0.2) is 36.4 Å². The lowest BCUT2D eigenvalue weighted by Crippen LogP contribution is -1.92. The van der Waals surface area contributed by atoms with Gasteiger partial charge in [0, 0.05) is 0 Å². The second-order valence-electron chi connectivity index (χ2n) is 3.73. The van der Waals surface area contributed by atoms with Gasteiger partial charge < -0.3 is 4.74 Å². The van der Waals surface area contributed by atoms with Crippen molar-refractivity contribution in [1.82, 2.24) is 0 Å². The van der Waals surface area contributed by atoms with E-state index in [1.165, 1.54) is 21.9 Å². The average Bonchev–Trinajstić information content (AvgIpc) is 2.44. The van der Waals surface area contributed by atoms with Crippen LogP contribution >= 0.6 is 0 Å². The molecule has 0 atom stereocenters. The van der Waals surface area contributed by atoms with E-state index in [4.69, 9.17) is 4.74 Å². The SMILES string of the molecule is c1cc2c3c(cccc3c1)COCC2. The van der Waals surface area contributed by atoms with Gasteiger partial charge in [0.15, 0.2) is 0 Å². The quantitative estimate of drug-likeness (QED) is 0.611. The fourth-order valence-electron chi connectivity index (χ4n) is 2.19. The maximum absolute atomic E-state index is 5.57. The summed E-state index contributed by atoms with van der Waals surface area (Å²) in [6, 6.07) is 13.0. The Morgan fingerprint density at radius 3 is 2.57 bits per heavy atom. The van der Waals surface area contributed by atoms with Crippen LogP contribution in [0.3, 0.4) is 0 Å². The van der Waals surface area contributed by atoms with E-state index >= 15 is 0 Å². The Bertz CT molecular complexity index is 433. The van der Waals surface area contributed by atoms with E-state index in [1.807, 2.05) is 0 Å². The second kappa shape index (κ2) is 3.10. The van der Waals surface area contributed by atoms with Crippen LogP contribution in [0.25, 0.3) is 10.8 Å². The van der Waals surface area contributed by atoms with Crippen molar-refractivity contribution in [2.75, 3.05) is 6.61 Å². The first-order chi connectivity index (χ1) is 6.95. The highest BCUT2D eigenvalue weighted by Crippen LogP contribution is 2.26. The van der Waals surface area contributed by atoms with Gasteiger partial charge in [0.2, 0.25) is 0 Å². The van der Waals surface area contributed by atoms with Crippen molar-refractivity contribution in [3.05, 3.63) is 47.5 Å². The maximum Gasteiger partial charge on any atom is 0.0723 e. The molecule has 70 valence electrons. The number of hydrogen-bond acceptors (Lipinski definition) is 1. The molecule has 0 spiro atoms. The third-order valence-corrected chi connectivity index (χ3v) is 2.85. The molecule has 0 saturated heterocycles. The molecule has 0 bridgehead atoms. The van der Waals surface area contributed by atoms with Gasteiger partial charge in [-0.15, -0.1) is 0 Å². The van der Waals surface area contributed by atoms with Gasteiger partial charge in [-0.2, -0.15) is 0 Å². The summed E-state index contributed by atoms with van der Waals surface area (Å²) in [6.07, 6.45) is 1.04. The van der Waals surface area contributed by atoms with Crippen molar-refractivity contribution in [2.45, 2.75) is 13.0 Å². The lowest BCUT2D eigenvalue weighted by molar-refractivity contribution is 0.127. The van der Waals surface area contributed by atoms with Gasteiger partial charge in [-0.1, -0.05) is 36.4 Å². The third-order valence-electron chi connectivity index (χ3n) is 2.85. The van der Waals surface area contributed by atoms with Gasteiger partial charge in [0.05, 0.1) is 13.2 Å². The molecular formula is C13H12O. The van der Waals surface area contributed by atoms with Crippen molar-refractivity contribution in [3.8, 4) is 0 Å². The molecule has 0 aromatic heterocycles. The molecule has 2 aromatic carbocycles. The maximum atomic E-state index is 5.57. The third kappa shape index (κ3) is 1.13. The Morgan fingerprint density at radius 2 is 1.71 bits per heavy atom. The fraction of sp³-hybridized carbons (Fsp3) is 0.231. The minimum atomic E-state index is 0.758. The smallest absolute Gasteiger partial charge is 0.0723 e. The van der Waals surface area contributed by atoms with Gasteiger partial charge in [0.1, 0.15) is 0 Å². The number of hydrogen-bond donors (Lipinski definition) is 0. The molecule has 0 amide bonds. The van der Waals surface area contributed by atoms with Gasteiger partial charge in [-0.05, 0) is 28.3 Å². The molecule has 0 fully saturated rings. The molecule has 1 aliphatic rings. The Hall–Kier alpha value is -1.34. The highest BCUT2D eigenvalue weighted by atomic mass is 16.5. The van der Waals surface area contributed by atoms with Crippen molar-refractivity contribution in [1.29, 1.82) is 0 Å². The summed E-state index contributed by atoms with van der Waals surface area (Å²) in [5, 5.41) is 2.75. The van der Waals surface area contributed by atoms with Crippen molar-refractivity contribution >= 4 is 10.8 Å². The predicted octanol–water partition coefficient (Wildman–Crippen LogP) is 2.91. The monoisotopic (exact) mass is 184 g/mol. The molecule has 1 heterocycles. The number of ether oxygens (including phenoxy) is 1. The van der Waals surface area contributed by atoms with Crippen LogP contribution < -0.4 is 0 Å². The molecular weight excluding hydrogens is 172 g/mol. The Morgan fingerprint density at radius 1 is 0.929 bits per heavy atom. The second-order valence-corrected chi connectivity index (χ2v) is 3.73. The van der Waals surface area contributed by atoms with E-state index in [1.54, 1.807) is 0 Å². The van der Waals surface area contributed by atoms with Crippen molar-refractivity contribution in [3.63, 3.8) is 0 Å². The molecule has 0 aliphatic carbocycles. The standard InChI is InChI=1S/C13H12O/c1-3-10-4-2-6-12-9-14-8-7-11(5-1)13(10)12/h1-6H,7-9H2. The lowest BCUT2D eigenvalue weighted by Gasteiger charge is -2.05. The molecule has 0 unspecified atom stereocenters. The summed E-state index contributed by atoms with van der Waals surface area (Å²) in [7, 11) is 0. The average molecular weight is 184 g/mol. The Kier molecular flexibility index (Phi) is 1.78. The first-order valence-electron chi connectivity index (χ1n) is 5.02. The normalized spacial score (nSPS) is 15.4. The first kappa shape index (κ1) is 8.01. The molecule has 3 rings (SSSR count). The van der Waals surface area contributed by atoms with Crippen LogP contribution in [0.4, 0.5) is 0 Å². The van der Waals surface area contributed by atoms with E-state index in [0.717, 1.165) is 19.6 Å². The minimum absolute atomic E-state index is 0.758. The fourth-order valence-corrected chi connectivity index (χ4v) is 2.19. The Balaban J connectivity index is 2.41. The van der Waals surface area contributed by atoms with Crippen LogP contribution in [0, 0.1) is 0 Å². The Labute approximate surface area is 83.3 Å². The van der Waals surface area contributed by atoms with Crippen LogP contribution in [0.2, 0.25) is 0 Å². The molecule has 2 aromatic rings. The largest absolute Gasteiger partial charge is 0.376 e. The summed E-state index contributed by atoms with van der Waals surface area (Å²) in [5.74, 6) is 0. The molecule has 0 radical (unpaired) electrons. The van der Waals surface area contributed by atoms with E-state index in [9.17, 15) is 0 Å². The molecule has 1 nitrogen and oxygen atoms in total. The molecule has 0 saturated carbocycles. The molecule has 14 heavy (non-hydrogen) atoms. The molecule has 1 aliphatic heterocycles. The highest BCUT2D eigenvalue weighted by Gasteiger charge is 2.09. The number of benzene rings is 2. The van der Waals surface area contributed by atoms with E-state index in [0.29, 0.717) is 0 Å².